The van der Waals surface area contributed by atoms with Gasteiger partial charge in [-0.1, -0.05) is 42.7 Å². The maximum Gasteiger partial charge on any atom is 0.203 e. The second-order valence-electron chi connectivity index (χ2n) is 8.15. The summed E-state index contributed by atoms with van der Waals surface area (Å²) in [5.41, 5.74) is 6.13. The van der Waals surface area contributed by atoms with Crippen LogP contribution < -0.4 is 4.80 Å². The van der Waals surface area contributed by atoms with Gasteiger partial charge in [-0.3, -0.25) is 4.99 Å². The molecule has 0 unspecified atom stereocenters. The lowest BCUT2D eigenvalue weighted by Gasteiger charge is -2.16. The summed E-state index contributed by atoms with van der Waals surface area (Å²) < 4.78 is 1.87. The Morgan fingerprint density at radius 3 is 2.42 bits per heavy atom. The molecule has 0 spiro atoms. The van der Waals surface area contributed by atoms with Crippen LogP contribution in [0.15, 0.2) is 35.3 Å². The van der Waals surface area contributed by atoms with Gasteiger partial charge in [-0.2, -0.15) is 15.6 Å². The lowest BCUT2D eigenvalue weighted by Crippen LogP contribution is -2.18. The first-order valence-corrected chi connectivity index (χ1v) is 11.5. The largest absolute Gasteiger partial charge is 0.254 e. The molecule has 0 N–H and O–H groups in total. The van der Waals surface area contributed by atoms with E-state index in [-0.39, 0.29) is 0 Å². The van der Waals surface area contributed by atoms with Gasteiger partial charge in [0.2, 0.25) is 4.80 Å². The minimum absolute atomic E-state index is 0.386. The maximum atomic E-state index is 9.59. The van der Waals surface area contributed by atoms with E-state index in [1.165, 1.54) is 19.3 Å². The highest BCUT2D eigenvalue weighted by atomic mass is 32.1. The zero-order valence-corrected chi connectivity index (χ0v) is 19.0. The van der Waals surface area contributed by atoms with Gasteiger partial charge in [0, 0.05) is 12.6 Å². The van der Waals surface area contributed by atoms with Crippen molar-refractivity contribution in [2.45, 2.75) is 52.0 Å². The van der Waals surface area contributed by atoms with E-state index in [1.54, 1.807) is 11.3 Å². The first kappa shape index (κ1) is 21.0. The van der Waals surface area contributed by atoms with Gasteiger partial charge in [-0.25, -0.2) is 4.68 Å². The fourth-order valence-electron chi connectivity index (χ4n) is 4.26. The van der Waals surface area contributed by atoms with Gasteiger partial charge in [0.25, 0.3) is 0 Å². The Labute approximate surface area is 186 Å². The van der Waals surface area contributed by atoms with E-state index in [0.29, 0.717) is 17.2 Å². The summed E-state index contributed by atoms with van der Waals surface area (Å²) in [7, 11) is 1.95. The predicted octanol–water partition coefficient (Wildman–Crippen LogP) is 5.41. The zero-order valence-electron chi connectivity index (χ0n) is 18.1. The number of rotatable bonds is 3. The first-order chi connectivity index (χ1) is 15.0. The van der Waals surface area contributed by atoms with Crippen molar-refractivity contribution in [1.82, 2.24) is 9.78 Å². The van der Waals surface area contributed by atoms with Crippen LogP contribution in [0.3, 0.4) is 0 Å². The summed E-state index contributed by atoms with van der Waals surface area (Å²) in [6, 6.07) is 14.6. The lowest BCUT2D eigenvalue weighted by molar-refractivity contribution is 0.434. The maximum absolute atomic E-state index is 9.59. The minimum Gasteiger partial charge on any atom is -0.254 e. The van der Waals surface area contributed by atoms with E-state index < -0.39 is 0 Å². The van der Waals surface area contributed by atoms with Crippen LogP contribution in [0.4, 0.5) is 0 Å². The van der Waals surface area contributed by atoms with Crippen molar-refractivity contribution in [3.63, 3.8) is 0 Å². The smallest absolute Gasteiger partial charge is 0.203 e. The standard InChI is InChI=1S/C25H25N5S/c1-16-13-18(9-10-19(16)14-26)23-17(2)20(15-27)11-12-22(23)24-29-30(3)25(31-24)28-21-7-5-4-6-8-21/h9-13,21H,4-8H2,1-3H3. The third-order valence-corrected chi connectivity index (χ3v) is 7.07. The molecule has 1 heterocycles. The van der Waals surface area contributed by atoms with Gasteiger partial charge in [-0.15, -0.1) is 0 Å². The molecule has 0 amide bonds. The van der Waals surface area contributed by atoms with E-state index in [1.807, 2.05) is 55.9 Å². The minimum atomic E-state index is 0.386. The molecule has 1 aromatic heterocycles. The van der Waals surface area contributed by atoms with Crippen molar-refractivity contribution in [2.75, 3.05) is 0 Å². The molecular weight excluding hydrogens is 402 g/mol. The fourth-order valence-corrected chi connectivity index (χ4v) is 5.26. The molecule has 1 saturated carbocycles. The second-order valence-corrected chi connectivity index (χ2v) is 9.10. The van der Waals surface area contributed by atoms with Crippen LogP contribution in [-0.4, -0.2) is 15.8 Å². The third-order valence-electron chi connectivity index (χ3n) is 6.02. The first-order valence-electron chi connectivity index (χ1n) is 10.6. The monoisotopic (exact) mass is 427 g/mol. The number of nitriles is 2. The van der Waals surface area contributed by atoms with Crippen LogP contribution in [-0.2, 0) is 7.05 Å². The Balaban J connectivity index is 1.87. The SMILES string of the molecule is Cc1cc(-c2c(-c3nn(C)c(=NC4CCCCC4)s3)ccc(C#N)c2C)ccc1C#N. The normalized spacial score (nSPS) is 14.9. The van der Waals surface area contributed by atoms with Crippen LogP contribution in [0, 0.1) is 36.5 Å². The molecule has 156 valence electrons. The van der Waals surface area contributed by atoms with E-state index in [2.05, 4.69) is 12.1 Å². The third kappa shape index (κ3) is 4.17. The quantitative estimate of drug-likeness (QED) is 0.561. The summed E-state index contributed by atoms with van der Waals surface area (Å²) >= 11 is 1.60. The van der Waals surface area contributed by atoms with Crippen LogP contribution in [0.25, 0.3) is 21.7 Å². The molecule has 1 aliphatic rings. The van der Waals surface area contributed by atoms with Gasteiger partial charge in [-0.05, 0) is 67.1 Å². The topological polar surface area (TPSA) is 77.8 Å². The molecule has 5 nitrogen and oxygen atoms in total. The molecule has 2 aromatic carbocycles. The highest BCUT2D eigenvalue weighted by Gasteiger charge is 2.18. The number of aromatic nitrogens is 2. The Morgan fingerprint density at radius 1 is 1.03 bits per heavy atom. The van der Waals surface area contributed by atoms with Crippen molar-refractivity contribution < 1.29 is 0 Å². The molecule has 3 aromatic rings. The summed E-state index contributed by atoms with van der Waals surface area (Å²) in [4.78, 5) is 5.93. The Hall–Kier alpha value is -3.22. The van der Waals surface area contributed by atoms with E-state index in [4.69, 9.17) is 10.1 Å². The fraction of sp³-hybridized carbons (Fsp3) is 0.360. The molecule has 0 radical (unpaired) electrons. The van der Waals surface area contributed by atoms with Crippen LogP contribution in [0.2, 0.25) is 0 Å². The summed E-state index contributed by atoms with van der Waals surface area (Å²) in [6.45, 7) is 3.92. The van der Waals surface area contributed by atoms with E-state index >= 15 is 0 Å². The van der Waals surface area contributed by atoms with Gasteiger partial charge >= 0.3 is 0 Å². The van der Waals surface area contributed by atoms with E-state index in [9.17, 15) is 10.5 Å². The Kier molecular flexibility index (Phi) is 6.02. The average Bonchev–Trinajstić information content (AvgIpc) is 3.14. The van der Waals surface area contributed by atoms with Gasteiger partial charge in [0.1, 0.15) is 5.01 Å². The number of hydrogen-bond donors (Lipinski definition) is 0. The number of benzene rings is 2. The zero-order chi connectivity index (χ0) is 22.0. The Morgan fingerprint density at radius 2 is 1.74 bits per heavy atom. The molecule has 31 heavy (non-hydrogen) atoms. The Bertz CT molecular complexity index is 1280. The van der Waals surface area contributed by atoms with Crippen molar-refractivity contribution in [1.29, 1.82) is 10.5 Å². The molecule has 0 saturated heterocycles. The van der Waals surface area contributed by atoms with Gasteiger partial charge in [0.15, 0.2) is 0 Å². The summed E-state index contributed by atoms with van der Waals surface area (Å²) in [5.74, 6) is 0. The van der Waals surface area contributed by atoms with Crippen molar-refractivity contribution in [2.24, 2.45) is 12.0 Å². The highest BCUT2D eigenvalue weighted by Crippen LogP contribution is 2.37. The molecule has 0 bridgehead atoms. The second kappa shape index (κ2) is 8.88. The van der Waals surface area contributed by atoms with Gasteiger partial charge in [0.05, 0.1) is 29.3 Å². The molecule has 0 aliphatic heterocycles. The molecule has 6 heteroatoms. The number of nitrogens with zero attached hydrogens (tertiary/aromatic N) is 5. The molecule has 0 atom stereocenters. The molecular formula is C25H25N5S. The van der Waals surface area contributed by atoms with Crippen LogP contribution >= 0.6 is 11.3 Å². The van der Waals surface area contributed by atoms with E-state index in [0.717, 1.165) is 50.5 Å². The van der Waals surface area contributed by atoms with Crippen molar-refractivity contribution >= 4 is 11.3 Å². The van der Waals surface area contributed by atoms with Crippen molar-refractivity contribution in [3.05, 3.63) is 57.4 Å². The number of aryl methyl sites for hydroxylation is 2. The summed E-state index contributed by atoms with van der Waals surface area (Å²) in [5, 5.41) is 24.6. The molecule has 4 rings (SSSR count). The summed E-state index contributed by atoms with van der Waals surface area (Å²) in [6.07, 6.45) is 6.11. The molecule has 1 aliphatic carbocycles. The molecule has 1 fully saturated rings. The van der Waals surface area contributed by atoms with Crippen LogP contribution in [0.1, 0.15) is 54.4 Å². The van der Waals surface area contributed by atoms with Crippen molar-refractivity contribution in [3.8, 4) is 33.8 Å². The van der Waals surface area contributed by atoms with Crippen LogP contribution in [0.5, 0.6) is 0 Å². The highest BCUT2D eigenvalue weighted by molar-refractivity contribution is 7.12. The van der Waals surface area contributed by atoms with Gasteiger partial charge < -0.3 is 0 Å². The predicted molar refractivity (Wildman–Crippen MR) is 123 cm³/mol. The lowest BCUT2D eigenvalue weighted by atomic mass is 9.90. The average molecular weight is 428 g/mol. The number of hydrogen-bond acceptors (Lipinski definition) is 5.